The third kappa shape index (κ3) is 6.92. The van der Waals surface area contributed by atoms with Gasteiger partial charge in [0.1, 0.15) is 42.9 Å². The SMILES string of the molecule is CON=C(C(=O)NC1C(=O)N2C(C(=O)OC(c3ccccc3)c3ccccc3)=C(COC(=O)n3ccnc3)CS(=O)[C@H]12)c1csc(NC=O)n1. The number of β-lactam (4-membered cyclic amide) rings is 1. The molecule has 0 aliphatic carbocycles. The van der Waals surface area contributed by atoms with Gasteiger partial charge in [0.05, 0.1) is 16.6 Å². The minimum Gasteiger partial charge on any atom is -0.448 e. The number of amides is 3. The van der Waals surface area contributed by atoms with Crippen molar-refractivity contribution in [3.63, 3.8) is 0 Å². The summed E-state index contributed by atoms with van der Waals surface area (Å²) in [7, 11) is -0.671. The van der Waals surface area contributed by atoms with Crippen LogP contribution in [0.3, 0.4) is 0 Å². The van der Waals surface area contributed by atoms with Gasteiger partial charge in [-0.05, 0) is 11.1 Å². The van der Waals surface area contributed by atoms with Crippen molar-refractivity contribution in [2.45, 2.75) is 17.5 Å². The molecule has 0 spiro atoms. The molecule has 3 amide bonds. The first-order valence-electron chi connectivity index (χ1n) is 14.8. The number of imidazole rings is 1. The quantitative estimate of drug-likeness (QED) is 0.0714. The number of oxime groups is 1. The molecule has 6 rings (SSSR count). The topological polar surface area (TPSA) is 200 Å². The number of carbonyl (C=O) groups excluding carboxylic acids is 5. The van der Waals surface area contributed by atoms with Crippen molar-refractivity contribution in [3.8, 4) is 0 Å². The molecule has 50 heavy (non-hydrogen) atoms. The van der Waals surface area contributed by atoms with Crippen LogP contribution in [0.25, 0.3) is 0 Å². The van der Waals surface area contributed by atoms with E-state index in [1.54, 1.807) is 48.5 Å². The lowest BCUT2D eigenvalue weighted by molar-refractivity contribution is -0.154. The smallest absolute Gasteiger partial charge is 0.419 e. The molecular weight excluding hydrogens is 691 g/mol. The number of esters is 1. The minimum atomic E-state index is -1.88. The number of nitrogens with zero attached hydrogens (tertiary/aromatic N) is 5. The van der Waals surface area contributed by atoms with Gasteiger partial charge in [0.15, 0.2) is 16.9 Å². The van der Waals surface area contributed by atoms with Crippen LogP contribution in [0.4, 0.5) is 9.93 Å². The van der Waals surface area contributed by atoms with Gasteiger partial charge < -0.3 is 24.9 Å². The number of carbonyl (C=O) groups is 5. The van der Waals surface area contributed by atoms with Crippen molar-refractivity contribution in [3.05, 3.63) is 113 Å². The van der Waals surface area contributed by atoms with E-state index >= 15 is 0 Å². The first-order valence-corrected chi connectivity index (χ1v) is 17.0. The second-order valence-electron chi connectivity index (χ2n) is 10.6. The summed E-state index contributed by atoms with van der Waals surface area (Å²) in [5, 5.41) is 9.07. The van der Waals surface area contributed by atoms with Gasteiger partial charge in [-0.3, -0.25) is 23.5 Å². The van der Waals surface area contributed by atoms with Crippen LogP contribution in [0, 0.1) is 0 Å². The molecule has 2 aromatic carbocycles. The highest BCUT2D eigenvalue weighted by molar-refractivity contribution is 7.86. The number of benzene rings is 2. The van der Waals surface area contributed by atoms with E-state index in [9.17, 15) is 28.2 Å². The van der Waals surface area contributed by atoms with E-state index in [4.69, 9.17) is 14.3 Å². The van der Waals surface area contributed by atoms with E-state index in [1.165, 1.54) is 31.2 Å². The number of ether oxygens (including phenoxy) is 2. The lowest BCUT2D eigenvalue weighted by Crippen LogP contribution is -2.74. The van der Waals surface area contributed by atoms with E-state index in [-0.39, 0.29) is 33.6 Å². The van der Waals surface area contributed by atoms with Crippen molar-refractivity contribution < 1.29 is 42.5 Å². The van der Waals surface area contributed by atoms with Crippen molar-refractivity contribution in [1.29, 1.82) is 0 Å². The highest BCUT2D eigenvalue weighted by atomic mass is 32.2. The molecule has 0 radical (unpaired) electrons. The molecular formula is C32H27N7O9S2. The van der Waals surface area contributed by atoms with Gasteiger partial charge >= 0.3 is 12.1 Å². The summed E-state index contributed by atoms with van der Waals surface area (Å²) >= 11 is 1.02. The molecule has 4 heterocycles. The number of fused-ring (bicyclic) bond motifs is 1. The standard InChI is InChI=1S/C32H27N7O9S2/c1-46-37-23(22-15-49-31(35-22)34-18-40)27(41)36-24-28(42)39-25(21(16-50(45)29(24)39)14-47-32(44)38-13-12-33-17-38)30(43)48-26(19-8-4-2-5-9-19)20-10-6-3-7-11-20/h2-13,15,17-18,24,26,29H,14,16H2,1H3,(H,36,41)(H,34,35,40)/t24?,29-,50?/m1/s1. The fourth-order valence-corrected chi connectivity index (χ4v) is 7.62. The third-order valence-electron chi connectivity index (χ3n) is 7.53. The normalized spacial score (nSPS) is 18.5. The summed E-state index contributed by atoms with van der Waals surface area (Å²) < 4.78 is 26.2. The van der Waals surface area contributed by atoms with Crippen LogP contribution < -0.4 is 10.6 Å². The van der Waals surface area contributed by atoms with Crippen LogP contribution >= 0.6 is 11.3 Å². The van der Waals surface area contributed by atoms with Crippen LogP contribution in [-0.2, 0) is 44.3 Å². The average Bonchev–Trinajstić information content (AvgIpc) is 3.85. The van der Waals surface area contributed by atoms with Gasteiger partial charge in [0.25, 0.3) is 11.8 Å². The zero-order chi connectivity index (χ0) is 35.2. The van der Waals surface area contributed by atoms with Gasteiger partial charge in [0, 0.05) is 23.3 Å². The summed E-state index contributed by atoms with van der Waals surface area (Å²) in [6.45, 7) is -0.492. The number of hydrogen-bond donors (Lipinski definition) is 2. The molecule has 2 aromatic heterocycles. The fraction of sp³-hybridized carbons (Fsp3) is 0.188. The molecule has 256 valence electrons. The Labute approximate surface area is 290 Å². The maximum Gasteiger partial charge on any atom is 0.419 e. The van der Waals surface area contributed by atoms with E-state index < -0.39 is 58.8 Å². The fourth-order valence-electron chi connectivity index (χ4n) is 5.29. The molecule has 0 saturated carbocycles. The molecule has 2 unspecified atom stereocenters. The Bertz CT molecular complexity index is 1960. The summed E-state index contributed by atoms with van der Waals surface area (Å²) in [6, 6.07) is 16.6. The van der Waals surface area contributed by atoms with Gasteiger partial charge in [-0.1, -0.05) is 65.8 Å². The maximum atomic E-state index is 14.2. The lowest BCUT2D eigenvalue weighted by Gasteiger charge is -2.49. The largest absolute Gasteiger partial charge is 0.448 e. The highest BCUT2D eigenvalue weighted by Crippen LogP contribution is 2.37. The molecule has 2 aliphatic rings. The molecule has 2 aliphatic heterocycles. The first-order chi connectivity index (χ1) is 24.3. The Balaban J connectivity index is 1.30. The van der Waals surface area contributed by atoms with Crippen LogP contribution in [0.5, 0.6) is 0 Å². The molecule has 1 saturated heterocycles. The van der Waals surface area contributed by atoms with Crippen LogP contribution in [-0.4, -0.2) is 90.5 Å². The summed E-state index contributed by atoms with van der Waals surface area (Å²) in [6.07, 6.45) is 2.67. The predicted octanol–water partition coefficient (Wildman–Crippen LogP) is 1.95. The van der Waals surface area contributed by atoms with Crippen molar-refractivity contribution in [2.75, 3.05) is 24.8 Å². The Morgan fingerprint density at radius 1 is 1.12 bits per heavy atom. The molecule has 18 heteroatoms. The molecule has 3 atom stereocenters. The summed E-state index contributed by atoms with van der Waals surface area (Å²) in [4.78, 5) is 78.5. The number of thiazole rings is 1. The van der Waals surface area contributed by atoms with Crippen molar-refractivity contribution >= 4 is 63.3 Å². The Kier molecular flexibility index (Phi) is 10.2. The van der Waals surface area contributed by atoms with Crippen molar-refractivity contribution in [1.82, 2.24) is 24.8 Å². The van der Waals surface area contributed by atoms with Crippen LogP contribution in [0.1, 0.15) is 22.9 Å². The first kappa shape index (κ1) is 33.9. The monoisotopic (exact) mass is 717 g/mol. The van der Waals surface area contributed by atoms with E-state index in [1.807, 2.05) is 12.1 Å². The molecule has 16 nitrogen and oxygen atoms in total. The Morgan fingerprint density at radius 2 is 1.82 bits per heavy atom. The Morgan fingerprint density at radius 3 is 2.44 bits per heavy atom. The second kappa shape index (κ2) is 15.0. The molecule has 0 bridgehead atoms. The number of nitrogens with one attached hydrogen (secondary N) is 2. The van der Waals surface area contributed by atoms with E-state index in [0.29, 0.717) is 17.5 Å². The molecule has 2 N–H and O–H groups in total. The van der Waals surface area contributed by atoms with Gasteiger partial charge in [0.2, 0.25) is 6.41 Å². The van der Waals surface area contributed by atoms with Gasteiger partial charge in [-0.2, -0.15) is 0 Å². The minimum absolute atomic E-state index is 0.0473. The second-order valence-corrected chi connectivity index (χ2v) is 13.0. The van der Waals surface area contributed by atoms with E-state index in [2.05, 4.69) is 25.8 Å². The zero-order valence-electron chi connectivity index (χ0n) is 26.0. The van der Waals surface area contributed by atoms with Crippen LogP contribution in [0.15, 0.2) is 101 Å². The molecule has 4 aromatic rings. The molecule has 1 fully saturated rings. The number of rotatable bonds is 12. The van der Waals surface area contributed by atoms with Gasteiger partial charge in [-0.25, -0.2) is 24.1 Å². The maximum absolute atomic E-state index is 14.2. The third-order valence-corrected chi connectivity index (χ3v) is 9.95. The van der Waals surface area contributed by atoms with E-state index in [0.717, 1.165) is 20.8 Å². The van der Waals surface area contributed by atoms with Crippen molar-refractivity contribution in [2.24, 2.45) is 5.16 Å². The number of hydrogen-bond acceptors (Lipinski definition) is 13. The summed E-state index contributed by atoms with van der Waals surface area (Å²) in [5.41, 5.74) is 0.855. The number of aromatic nitrogens is 3. The highest BCUT2D eigenvalue weighted by Gasteiger charge is 2.58. The Hall–Kier alpha value is -6.01. The zero-order valence-corrected chi connectivity index (χ0v) is 27.7. The lowest BCUT2D eigenvalue weighted by atomic mass is 10.0. The average molecular weight is 718 g/mol. The number of anilines is 1. The van der Waals surface area contributed by atoms with Gasteiger partial charge in [-0.15, -0.1) is 11.3 Å². The van der Waals surface area contributed by atoms with Crippen LogP contribution in [0.2, 0.25) is 0 Å². The predicted molar refractivity (Wildman–Crippen MR) is 178 cm³/mol. The summed E-state index contributed by atoms with van der Waals surface area (Å²) in [5.74, 6) is -2.87.